The Hall–Kier alpha value is -1.65. The summed E-state index contributed by atoms with van der Waals surface area (Å²) in [5.41, 5.74) is 0.329. The van der Waals surface area contributed by atoms with Crippen LogP contribution in [0.4, 0.5) is 5.82 Å². The van der Waals surface area contributed by atoms with Crippen LogP contribution >= 0.6 is 0 Å². The van der Waals surface area contributed by atoms with Gasteiger partial charge in [-0.2, -0.15) is 0 Å². The van der Waals surface area contributed by atoms with Crippen molar-refractivity contribution in [3.8, 4) is 0 Å². The van der Waals surface area contributed by atoms with Crippen molar-refractivity contribution >= 4 is 11.7 Å². The van der Waals surface area contributed by atoms with Crippen LogP contribution < -0.4 is 10.6 Å². The third kappa shape index (κ3) is 3.69. The molecule has 17 heavy (non-hydrogen) atoms. The lowest BCUT2D eigenvalue weighted by molar-refractivity contribution is 0.0957. The lowest BCUT2D eigenvalue weighted by atomic mass is 10.0. The van der Waals surface area contributed by atoms with Gasteiger partial charge in [0.05, 0.1) is 0 Å². The standard InChI is InChI=1S/C12H20N4O/c1-5-9(8(2)3)14-11-7-6-10(15-16-11)12(17)13-4/h6-9H,5H2,1-4H3,(H,13,17)(H,14,16). The second kappa shape index (κ2) is 6.18. The number of nitrogens with one attached hydrogen (secondary N) is 2. The van der Waals surface area contributed by atoms with Crippen molar-refractivity contribution in [3.05, 3.63) is 17.8 Å². The Balaban J connectivity index is 2.71. The SMILES string of the molecule is CCC(Nc1ccc(C(=O)NC)nn1)C(C)C. The maximum absolute atomic E-state index is 11.3. The van der Waals surface area contributed by atoms with E-state index in [1.54, 1.807) is 19.2 Å². The molecule has 1 rings (SSSR count). The molecular weight excluding hydrogens is 216 g/mol. The largest absolute Gasteiger partial charge is 0.366 e. The van der Waals surface area contributed by atoms with Crippen LogP contribution in [0.2, 0.25) is 0 Å². The zero-order valence-corrected chi connectivity index (χ0v) is 10.8. The summed E-state index contributed by atoms with van der Waals surface area (Å²) in [4.78, 5) is 11.3. The average molecular weight is 236 g/mol. The second-order valence-corrected chi connectivity index (χ2v) is 4.29. The molecule has 5 heteroatoms. The highest BCUT2D eigenvalue weighted by Gasteiger charge is 2.12. The highest BCUT2D eigenvalue weighted by molar-refractivity contribution is 5.91. The van der Waals surface area contributed by atoms with Crippen molar-refractivity contribution in [1.29, 1.82) is 0 Å². The first-order chi connectivity index (χ1) is 8.08. The van der Waals surface area contributed by atoms with Crippen molar-refractivity contribution in [2.75, 3.05) is 12.4 Å². The molecule has 1 aromatic rings. The molecule has 0 saturated carbocycles. The molecule has 0 saturated heterocycles. The molecule has 0 aliphatic carbocycles. The van der Waals surface area contributed by atoms with E-state index < -0.39 is 0 Å². The molecule has 5 nitrogen and oxygen atoms in total. The number of carbonyl (C=O) groups excluding carboxylic acids is 1. The first kappa shape index (κ1) is 13.4. The molecule has 1 amide bonds. The van der Waals surface area contributed by atoms with Crippen LogP contribution in [0.5, 0.6) is 0 Å². The molecule has 1 unspecified atom stereocenters. The molecule has 0 aromatic carbocycles. The number of nitrogens with zero attached hydrogens (tertiary/aromatic N) is 2. The normalized spacial score (nSPS) is 12.3. The van der Waals surface area contributed by atoms with Crippen molar-refractivity contribution < 1.29 is 4.79 Å². The third-order valence-corrected chi connectivity index (χ3v) is 2.70. The molecule has 0 bridgehead atoms. The van der Waals surface area contributed by atoms with Crippen LogP contribution in [-0.4, -0.2) is 29.2 Å². The van der Waals surface area contributed by atoms with Crippen molar-refractivity contribution in [1.82, 2.24) is 15.5 Å². The van der Waals surface area contributed by atoms with E-state index in [9.17, 15) is 4.79 Å². The van der Waals surface area contributed by atoms with Gasteiger partial charge in [0.1, 0.15) is 5.82 Å². The zero-order chi connectivity index (χ0) is 12.8. The van der Waals surface area contributed by atoms with E-state index in [-0.39, 0.29) is 5.91 Å². The lowest BCUT2D eigenvalue weighted by Gasteiger charge is -2.20. The van der Waals surface area contributed by atoms with E-state index >= 15 is 0 Å². The molecule has 0 aliphatic heterocycles. The summed E-state index contributed by atoms with van der Waals surface area (Å²) in [7, 11) is 1.57. The topological polar surface area (TPSA) is 66.9 Å². The zero-order valence-electron chi connectivity index (χ0n) is 10.8. The quantitative estimate of drug-likeness (QED) is 0.816. The van der Waals surface area contributed by atoms with E-state index in [1.807, 2.05) is 0 Å². The van der Waals surface area contributed by atoms with Crippen LogP contribution in [0.3, 0.4) is 0 Å². The Kier molecular flexibility index (Phi) is 4.87. The molecule has 0 radical (unpaired) electrons. The predicted octanol–water partition coefficient (Wildman–Crippen LogP) is 1.68. The van der Waals surface area contributed by atoms with Crippen LogP contribution in [0, 0.1) is 5.92 Å². The Labute approximate surface area is 102 Å². The van der Waals surface area contributed by atoms with Crippen molar-refractivity contribution in [2.45, 2.75) is 33.2 Å². The summed E-state index contributed by atoms with van der Waals surface area (Å²) in [6.45, 7) is 6.45. The van der Waals surface area contributed by atoms with E-state index in [0.717, 1.165) is 6.42 Å². The summed E-state index contributed by atoms with van der Waals surface area (Å²) in [6.07, 6.45) is 1.02. The smallest absolute Gasteiger partial charge is 0.271 e. The van der Waals surface area contributed by atoms with Crippen LogP contribution in [-0.2, 0) is 0 Å². The van der Waals surface area contributed by atoms with E-state index in [1.165, 1.54) is 0 Å². The minimum absolute atomic E-state index is 0.222. The Morgan fingerprint density at radius 1 is 1.35 bits per heavy atom. The summed E-state index contributed by atoms with van der Waals surface area (Å²) in [5, 5.41) is 13.7. The van der Waals surface area contributed by atoms with Crippen LogP contribution in [0.25, 0.3) is 0 Å². The number of rotatable bonds is 5. The fraction of sp³-hybridized carbons (Fsp3) is 0.583. The fourth-order valence-corrected chi connectivity index (χ4v) is 1.59. The summed E-state index contributed by atoms with van der Waals surface area (Å²) in [5.74, 6) is 1.01. The monoisotopic (exact) mass is 236 g/mol. The molecular formula is C12H20N4O. The number of hydrogen-bond acceptors (Lipinski definition) is 4. The van der Waals surface area contributed by atoms with Gasteiger partial charge in [-0.3, -0.25) is 4.79 Å². The molecule has 1 aromatic heterocycles. The highest BCUT2D eigenvalue weighted by Crippen LogP contribution is 2.12. The van der Waals surface area contributed by atoms with E-state index in [2.05, 4.69) is 41.6 Å². The first-order valence-electron chi connectivity index (χ1n) is 5.90. The molecule has 1 atom stereocenters. The second-order valence-electron chi connectivity index (χ2n) is 4.29. The summed E-state index contributed by atoms with van der Waals surface area (Å²) in [6, 6.07) is 3.82. The highest BCUT2D eigenvalue weighted by atomic mass is 16.1. The maximum Gasteiger partial charge on any atom is 0.271 e. The minimum Gasteiger partial charge on any atom is -0.366 e. The molecule has 1 heterocycles. The van der Waals surface area contributed by atoms with Gasteiger partial charge in [-0.1, -0.05) is 20.8 Å². The van der Waals surface area contributed by atoms with E-state index in [0.29, 0.717) is 23.5 Å². The molecule has 0 spiro atoms. The van der Waals surface area contributed by atoms with Crippen LogP contribution in [0.1, 0.15) is 37.7 Å². The van der Waals surface area contributed by atoms with Gasteiger partial charge in [0.25, 0.3) is 5.91 Å². The number of aromatic nitrogens is 2. The van der Waals surface area contributed by atoms with Crippen LogP contribution in [0.15, 0.2) is 12.1 Å². The summed E-state index contributed by atoms with van der Waals surface area (Å²) < 4.78 is 0. The van der Waals surface area contributed by atoms with Gasteiger partial charge in [0.15, 0.2) is 5.69 Å². The Morgan fingerprint density at radius 3 is 2.47 bits per heavy atom. The predicted molar refractivity (Wildman–Crippen MR) is 68.0 cm³/mol. The van der Waals surface area contributed by atoms with Gasteiger partial charge in [-0.25, -0.2) is 0 Å². The third-order valence-electron chi connectivity index (χ3n) is 2.70. The average Bonchev–Trinajstić information content (AvgIpc) is 2.35. The van der Waals surface area contributed by atoms with Gasteiger partial charge in [0, 0.05) is 13.1 Å². The summed E-state index contributed by atoms with van der Waals surface area (Å²) >= 11 is 0. The van der Waals surface area contributed by atoms with Gasteiger partial charge < -0.3 is 10.6 Å². The first-order valence-corrected chi connectivity index (χ1v) is 5.90. The number of amides is 1. The van der Waals surface area contributed by atoms with Gasteiger partial charge in [0.2, 0.25) is 0 Å². The van der Waals surface area contributed by atoms with Crippen molar-refractivity contribution in [2.24, 2.45) is 5.92 Å². The fourth-order valence-electron chi connectivity index (χ4n) is 1.59. The molecule has 0 aliphatic rings. The lowest BCUT2D eigenvalue weighted by Crippen LogP contribution is -2.26. The van der Waals surface area contributed by atoms with Gasteiger partial charge in [-0.15, -0.1) is 10.2 Å². The van der Waals surface area contributed by atoms with Crippen molar-refractivity contribution in [3.63, 3.8) is 0 Å². The van der Waals surface area contributed by atoms with Gasteiger partial charge in [-0.05, 0) is 24.5 Å². The molecule has 94 valence electrons. The molecule has 0 fully saturated rings. The maximum atomic E-state index is 11.3. The Bertz CT molecular complexity index is 361. The van der Waals surface area contributed by atoms with E-state index in [4.69, 9.17) is 0 Å². The number of anilines is 1. The Morgan fingerprint density at radius 2 is 2.06 bits per heavy atom. The van der Waals surface area contributed by atoms with Gasteiger partial charge >= 0.3 is 0 Å². The minimum atomic E-state index is -0.222. The number of hydrogen-bond donors (Lipinski definition) is 2. The molecule has 2 N–H and O–H groups in total. The number of carbonyl (C=O) groups is 1.